The molecule has 21 heavy (non-hydrogen) atoms. The third-order valence-corrected chi connectivity index (χ3v) is 5.58. The fourth-order valence-corrected chi connectivity index (χ4v) is 3.80. The fraction of sp³-hybridized carbons (Fsp3) is 0.600. The summed E-state index contributed by atoms with van der Waals surface area (Å²) in [4.78, 5) is 16.3. The molecule has 0 saturated carbocycles. The molecule has 1 atom stereocenters. The van der Waals surface area contributed by atoms with Crippen molar-refractivity contribution in [3.63, 3.8) is 0 Å². The van der Waals surface area contributed by atoms with E-state index in [2.05, 4.69) is 18.4 Å². The Bertz CT molecular complexity index is 496. The highest BCUT2D eigenvalue weighted by atomic mass is 32.1. The van der Waals surface area contributed by atoms with E-state index in [-0.39, 0.29) is 11.9 Å². The normalized spacial score (nSPS) is 19.0. The van der Waals surface area contributed by atoms with Gasteiger partial charge in [0.25, 0.3) is 0 Å². The Hall–Kier alpha value is -0.980. The van der Waals surface area contributed by atoms with Crippen molar-refractivity contribution in [2.24, 2.45) is 11.1 Å². The summed E-state index contributed by atoms with van der Waals surface area (Å²) in [7, 11) is 1.84. The van der Waals surface area contributed by atoms with Crippen LogP contribution in [-0.2, 0) is 16.0 Å². The number of carbonyl (C=O) groups excluding carboxylic acids is 1. The number of ether oxygens (including phenoxy) is 1. The summed E-state index contributed by atoms with van der Waals surface area (Å²) >= 11 is 6.92. The first-order valence-electron chi connectivity index (χ1n) is 7.14. The van der Waals surface area contributed by atoms with E-state index < -0.39 is 5.41 Å². The maximum absolute atomic E-state index is 12.9. The molecule has 1 aliphatic heterocycles. The zero-order valence-electron chi connectivity index (χ0n) is 12.5. The van der Waals surface area contributed by atoms with Crippen molar-refractivity contribution < 1.29 is 9.53 Å². The molecule has 1 unspecified atom stereocenters. The third kappa shape index (κ3) is 3.44. The van der Waals surface area contributed by atoms with E-state index in [0.29, 0.717) is 31.0 Å². The van der Waals surface area contributed by atoms with Gasteiger partial charge >= 0.3 is 0 Å². The van der Waals surface area contributed by atoms with Crippen molar-refractivity contribution in [3.8, 4) is 0 Å². The minimum absolute atomic E-state index is 0.0300. The zero-order chi connectivity index (χ0) is 15.5. The second-order valence-electron chi connectivity index (χ2n) is 5.61. The Kier molecular flexibility index (Phi) is 5.35. The van der Waals surface area contributed by atoms with Gasteiger partial charge in [0.1, 0.15) is 5.41 Å². The molecule has 1 saturated heterocycles. The molecule has 1 aromatic rings. The van der Waals surface area contributed by atoms with Crippen LogP contribution < -0.4 is 5.73 Å². The maximum Gasteiger partial charge on any atom is 0.235 e. The van der Waals surface area contributed by atoms with E-state index in [4.69, 9.17) is 22.7 Å². The minimum Gasteiger partial charge on any atom is -0.392 e. The van der Waals surface area contributed by atoms with E-state index in [1.165, 1.54) is 4.88 Å². The van der Waals surface area contributed by atoms with Gasteiger partial charge in [-0.15, -0.1) is 11.3 Å². The SMILES string of the molecule is CC(Cc1cccs1)N(C)C(=O)C1(C(N)=S)CCOCC1. The molecule has 4 nitrogen and oxygen atoms in total. The number of likely N-dealkylation sites (N-methyl/N-ethyl adjacent to an activating group) is 1. The van der Waals surface area contributed by atoms with Crippen LogP contribution in [0.25, 0.3) is 0 Å². The molecule has 2 rings (SSSR count). The summed E-state index contributed by atoms with van der Waals surface area (Å²) in [5.74, 6) is 0.0300. The Morgan fingerprint density at radius 1 is 1.57 bits per heavy atom. The van der Waals surface area contributed by atoms with Gasteiger partial charge in [0, 0.05) is 37.6 Å². The number of carbonyl (C=O) groups is 1. The van der Waals surface area contributed by atoms with Gasteiger partial charge in [0.2, 0.25) is 5.91 Å². The molecule has 0 spiro atoms. The van der Waals surface area contributed by atoms with Crippen molar-refractivity contribution in [2.75, 3.05) is 20.3 Å². The number of hydrogen-bond acceptors (Lipinski definition) is 4. The highest BCUT2D eigenvalue weighted by Crippen LogP contribution is 2.33. The molecule has 6 heteroatoms. The lowest BCUT2D eigenvalue weighted by molar-refractivity contribution is -0.142. The van der Waals surface area contributed by atoms with Crippen LogP contribution in [0.3, 0.4) is 0 Å². The number of hydrogen-bond donors (Lipinski definition) is 1. The van der Waals surface area contributed by atoms with Crippen LogP contribution in [0.4, 0.5) is 0 Å². The Balaban J connectivity index is 2.10. The molecule has 0 radical (unpaired) electrons. The van der Waals surface area contributed by atoms with Gasteiger partial charge in [-0.25, -0.2) is 0 Å². The minimum atomic E-state index is -0.730. The average molecular weight is 326 g/mol. The van der Waals surface area contributed by atoms with Gasteiger partial charge in [-0.2, -0.15) is 0 Å². The number of nitrogens with two attached hydrogens (primary N) is 1. The Morgan fingerprint density at radius 2 is 2.24 bits per heavy atom. The lowest BCUT2D eigenvalue weighted by Gasteiger charge is -2.39. The number of thiophene rings is 1. The fourth-order valence-electron chi connectivity index (χ4n) is 2.68. The predicted octanol–water partition coefficient (Wildman–Crippen LogP) is 2.22. The zero-order valence-corrected chi connectivity index (χ0v) is 14.1. The van der Waals surface area contributed by atoms with Crippen LogP contribution >= 0.6 is 23.6 Å². The quantitative estimate of drug-likeness (QED) is 0.843. The van der Waals surface area contributed by atoms with Gasteiger partial charge < -0.3 is 15.4 Å². The summed E-state index contributed by atoms with van der Waals surface area (Å²) in [5, 5.41) is 2.05. The van der Waals surface area contributed by atoms with Crippen molar-refractivity contribution in [1.29, 1.82) is 0 Å². The molecule has 2 N–H and O–H groups in total. The van der Waals surface area contributed by atoms with Crippen molar-refractivity contribution in [1.82, 2.24) is 4.90 Å². The second kappa shape index (κ2) is 6.85. The van der Waals surface area contributed by atoms with Gasteiger partial charge in [0.15, 0.2) is 0 Å². The summed E-state index contributed by atoms with van der Waals surface area (Å²) in [5.41, 5.74) is 5.18. The molecule has 1 amide bonds. The van der Waals surface area contributed by atoms with Gasteiger partial charge in [0.05, 0.1) is 4.99 Å². The largest absolute Gasteiger partial charge is 0.392 e. The van der Waals surface area contributed by atoms with Crippen LogP contribution in [0.5, 0.6) is 0 Å². The number of nitrogens with zero attached hydrogens (tertiary/aromatic N) is 1. The molecule has 1 aliphatic rings. The first-order valence-corrected chi connectivity index (χ1v) is 8.43. The highest BCUT2D eigenvalue weighted by Gasteiger charge is 2.45. The molecule has 0 aromatic carbocycles. The monoisotopic (exact) mass is 326 g/mol. The van der Waals surface area contributed by atoms with Gasteiger partial charge in [-0.3, -0.25) is 4.79 Å². The average Bonchev–Trinajstić information content (AvgIpc) is 2.99. The van der Waals surface area contributed by atoms with E-state index >= 15 is 0 Å². The topological polar surface area (TPSA) is 55.6 Å². The Labute approximate surface area is 135 Å². The van der Waals surface area contributed by atoms with E-state index in [1.807, 2.05) is 13.1 Å². The summed E-state index contributed by atoms with van der Waals surface area (Å²) in [6, 6.07) is 4.24. The molecular formula is C15H22N2O2S2. The van der Waals surface area contributed by atoms with Crippen LogP contribution in [0.15, 0.2) is 17.5 Å². The maximum atomic E-state index is 12.9. The predicted molar refractivity (Wildman–Crippen MR) is 89.5 cm³/mol. The van der Waals surface area contributed by atoms with Crippen LogP contribution in [0, 0.1) is 5.41 Å². The standard InChI is InChI=1S/C15H22N2O2S2/c1-11(10-12-4-3-9-21-12)17(2)14(18)15(13(16)20)5-7-19-8-6-15/h3-4,9,11H,5-8,10H2,1-2H3,(H2,16,20). The molecular weight excluding hydrogens is 304 g/mol. The van der Waals surface area contributed by atoms with Gasteiger partial charge in [-0.1, -0.05) is 18.3 Å². The van der Waals surface area contributed by atoms with Crippen LogP contribution in [0.1, 0.15) is 24.6 Å². The lowest BCUT2D eigenvalue weighted by Crippen LogP contribution is -2.54. The summed E-state index contributed by atoms with van der Waals surface area (Å²) in [6.45, 7) is 3.14. The van der Waals surface area contributed by atoms with E-state index in [0.717, 1.165) is 6.42 Å². The molecule has 0 aliphatic carbocycles. The highest BCUT2D eigenvalue weighted by molar-refractivity contribution is 7.80. The molecule has 0 bridgehead atoms. The van der Waals surface area contributed by atoms with Crippen LogP contribution in [0.2, 0.25) is 0 Å². The summed E-state index contributed by atoms with van der Waals surface area (Å²) < 4.78 is 5.37. The van der Waals surface area contributed by atoms with E-state index in [1.54, 1.807) is 16.2 Å². The number of rotatable bonds is 5. The first kappa shape index (κ1) is 16.4. The third-order valence-electron chi connectivity index (χ3n) is 4.29. The molecule has 116 valence electrons. The molecule has 1 fully saturated rings. The second-order valence-corrected chi connectivity index (χ2v) is 7.08. The molecule has 2 heterocycles. The number of amides is 1. The smallest absolute Gasteiger partial charge is 0.235 e. The summed E-state index contributed by atoms with van der Waals surface area (Å²) in [6.07, 6.45) is 2.01. The van der Waals surface area contributed by atoms with Crippen molar-refractivity contribution in [3.05, 3.63) is 22.4 Å². The van der Waals surface area contributed by atoms with Crippen molar-refractivity contribution >= 4 is 34.5 Å². The Morgan fingerprint density at radius 3 is 2.76 bits per heavy atom. The lowest BCUT2D eigenvalue weighted by atomic mass is 9.78. The van der Waals surface area contributed by atoms with Crippen LogP contribution in [-0.4, -0.2) is 42.1 Å². The number of thiocarbonyl (C=S) groups is 1. The molecule has 1 aromatic heterocycles. The van der Waals surface area contributed by atoms with Crippen molar-refractivity contribution in [2.45, 2.75) is 32.2 Å². The first-order chi connectivity index (χ1) is 9.97. The van der Waals surface area contributed by atoms with E-state index in [9.17, 15) is 4.79 Å². The van der Waals surface area contributed by atoms with Gasteiger partial charge in [-0.05, 0) is 31.2 Å².